The molecule has 2 fully saturated rings. The molecular formula is C26H26N2O5. The molecule has 0 spiro atoms. The third kappa shape index (κ3) is 3.71. The van der Waals surface area contributed by atoms with E-state index in [0.717, 1.165) is 16.9 Å². The average molecular weight is 447 g/mol. The van der Waals surface area contributed by atoms with E-state index < -0.39 is 24.0 Å². The first kappa shape index (κ1) is 21.4. The van der Waals surface area contributed by atoms with Gasteiger partial charge in [0.05, 0.1) is 11.8 Å². The van der Waals surface area contributed by atoms with Crippen molar-refractivity contribution in [2.75, 3.05) is 4.90 Å². The molecule has 6 atom stereocenters. The van der Waals surface area contributed by atoms with Gasteiger partial charge in [0.15, 0.2) is 0 Å². The maximum absolute atomic E-state index is 14.4. The molecular weight excluding hydrogens is 420 g/mol. The summed E-state index contributed by atoms with van der Waals surface area (Å²) in [6.07, 6.45) is 2.74. The fourth-order valence-electron chi connectivity index (χ4n) is 5.89. The van der Waals surface area contributed by atoms with E-state index in [0.29, 0.717) is 12.8 Å². The SMILES string of the molecule is C[C@H]1OC(=O)[C@@H]2C=C3C[C@@H]([N+](=O)[O-])CC[C@@H]3[C@H](C(=O)N(c3ccccc3)c3ccccc3)[C@H]12. The average Bonchev–Trinajstić information content (AvgIpc) is 3.11. The number of fused-ring (bicyclic) bond motifs is 2. The number of rotatable bonds is 4. The van der Waals surface area contributed by atoms with Crippen LogP contribution in [0.4, 0.5) is 11.4 Å². The maximum atomic E-state index is 14.4. The van der Waals surface area contributed by atoms with Gasteiger partial charge < -0.3 is 4.74 Å². The van der Waals surface area contributed by atoms with Crippen molar-refractivity contribution in [2.45, 2.75) is 38.3 Å². The van der Waals surface area contributed by atoms with Crippen LogP contribution in [0.3, 0.4) is 0 Å². The molecule has 1 saturated heterocycles. The van der Waals surface area contributed by atoms with Gasteiger partial charge in [0.1, 0.15) is 6.10 Å². The maximum Gasteiger partial charge on any atom is 0.313 e. The molecule has 170 valence electrons. The van der Waals surface area contributed by atoms with Crippen LogP contribution in [0.5, 0.6) is 0 Å². The molecule has 2 aliphatic carbocycles. The molecule has 1 aliphatic heterocycles. The number of ether oxygens (including phenoxy) is 1. The number of nitrogens with zero attached hydrogens (tertiary/aromatic N) is 2. The molecule has 0 unspecified atom stereocenters. The Morgan fingerprint density at radius 3 is 2.21 bits per heavy atom. The smallest absolute Gasteiger partial charge is 0.313 e. The first-order valence-electron chi connectivity index (χ1n) is 11.4. The highest BCUT2D eigenvalue weighted by Crippen LogP contribution is 2.51. The number of carbonyl (C=O) groups excluding carboxylic acids is 2. The number of amides is 1. The van der Waals surface area contributed by atoms with Crippen LogP contribution < -0.4 is 4.90 Å². The van der Waals surface area contributed by atoms with Crippen LogP contribution in [-0.2, 0) is 14.3 Å². The van der Waals surface area contributed by atoms with Crippen molar-refractivity contribution in [1.29, 1.82) is 0 Å². The van der Waals surface area contributed by atoms with E-state index in [9.17, 15) is 19.7 Å². The molecule has 0 N–H and O–H groups in total. The molecule has 3 aliphatic rings. The Balaban J connectivity index is 1.59. The van der Waals surface area contributed by atoms with Crippen molar-refractivity contribution in [3.05, 3.63) is 82.4 Å². The lowest BCUT2D eigenvalue weighted by atomic mass is 9.61. The number of carbonyl (C=O) groups is 2. The topological polar surface area (TPSA) is 89.7 Å². The lowest BCUT2D eigenvalue weighted by molar-refractivity contribution is -0.524. The Hall–Kier alpha value is -3.48. The second kappa shape index (κ2) is 8.46. The number of benzene rings is 2. The van der Waals surface area contributed by atoms with E-state index in [1.165, 1.54) is 0 Å². The zero-order valence-electron chi connectivity index (χ0n) is 18.4. The van der Waals surface area contributed by atoms with Crippen molar-refractivity contribution < 1.29 is 19.2 Å². The number of esters is 1. The molecule has 7 nitrogen and oxygen atoms in total. The standard InChI is InChI=1S/C26H26N2O5/c1-16-23-22(26(30)33-16)15-17-14-20(28(31)32)12-13-21(17)24(23)25(29)27(18-8-4-2-5-9-18)19-10-6-3-7-11-19/h2-11,15-16,20-24H,12-14H2,1H3/t16-,20+,21+,22-,23-,24+/m1/s1. The zero-order chi connectivity index (χ0) is 23.1. The van der Waals surface area contributed by atoms with Crippen LogP contribution in [-0.4, -0.2) is 28.9 Å². The first-order valence-corrected chi connectivity index (χ1v) is 11.4. The Morgan fingerprint density at radius 1 is 1.03 bits per heavy atom. The van der Waals surface area contributed by atoms with Gasteiger partial charge >= 0.3 is 5.97 Å². The third-order valence-electron chi connectivity index (χ3n) is 7.36. The number of hydrogen-bond donors (Lipinski definition) is 0. The Labute approximate surface area is 192 Å². The second-order valence-electron chi connectivity index (χ2n) is 9.18. The van der Waals surface area contributed by atoms with Gasteiger partial charge in [-0.2, -0.15) is 0 Å². The van der Waals surface area contributed by atoms with Gasteiger partial charge in [0.25, 0.3) is 0 Å². The highest BCUT2D eigenvalue weighted by Gasteiger charge is 2.56. The quantitative estimate of drug-likeness (QED) is 0.298. The van der Waals surface area contributed by atoms with Gasteiger partial charge in [-0.25, -0.2) is 0 Å². The van der Waals surface area contributed by atoms with E-state index >= 15 is 0 Å². The van der Waals surface area contributed by atoms with Crippen molar-refractivity contribution >= 4 is 23.3 Å². The van der Waals surface area contributed by atoms with Crippen LogP contribution in [0.2, 0.25) is 0 Å². The monoisotopic (exact) mass is 446 g/mol. The van der Waals surface area contributed by atoms with Crippen LogP contribution in [0.1, 0.15) is 26.2 Å². The van der Waals surface area contributed by atoms with E-state index in [1.807, 2.05) is 73.7 Å². The predicted molar refractivity (Wildman–Crippen MR) is 122 cm³/mol. The summed E-state index contributed by atoms with van der Waals surface area (Å²) in [7, 11) is 0. The molecule has 1 heterocycles. The minimum atomic E-state index is -0.672. The number of para-hydroxylation sites is 2. The fraction of sp³-hybridized carbons (Fsp3) is 0.385. The van der Waals surface area contributed by atoms with Crippen molar-refractivity contribution in [3.8, 4) is 0 Å². The summed E-state index contributed by atoms with van der Waals surface area (Å²) in [5.74, 6) is -1.90. The summed E-state index contributed by atoms with van der Waals surface area (Å²) in [4.78, 5) is 40.0. The molecule has 0 bridgehead atoms. The Kier molecular flexibility index (Phi) is 5.48. The summed E-state index contributed by atoms with van der Waals surface area (Å²) < 4.78 is 5.57. The number of cyclic esters (lactones) is 1. The molecule has 2 aromatic carbocycles. The largest absolute Gasteiger partial charge is 0.462 e. The van der Waals surface area contributed by atoms with Crippen LogP contribution in [0.15, 0.2) is 72.3 Å². The molecule has 1 amide bonds. The van der Waals surface area contributed by atoms with Gasteiger partial charge in [-0.05, 0) is 43.5 Å². The summed E-state index contributed by atoms with van der Waals surface area (Å²) in [6, 6.07) is 18.3. The minimum absolute atomic E-state index is 0.0947. The van der Waals surface area contributed by atoms with E-state index in [2.05, 4.69) is 0 Å². The predicted octanol–water partition coefficient (Wildman–Crippen LogP) is 4.53. The van der Waals surface area contributed by atoms with Crippen LogP contribution in [0.25, 0.3) is 0 Å². The van der Waals surface area contributed by atoms with Crippen molar-refractivity contribution in [1.82, 2.24) is 0 Å². The van der Waals surface area contributed by atoms with Crippen molar-refractivity contribution in [2.24, 2.45) is 23.7 Å². The van der Waals surface area contributed by atoms with Gasteiger partial charge in [-0.3, -0.25) is 24.6 Å². The zero-order valence-corrected chi connectivity index (χ0v) is 18.4. The van der Waals surface area contributed by atoms with E-state index in [4.69, 9.17) is 4.74 Å². The van der Waals surface area contributed by atoms with E-state index in [-0.39, 0.29) is 35.1 Å². The third-order valence-corrected chi connectivity index (χ3v) is 7.36. The molecule has 0 radical (unpaired) electrons. The lowest BCUT2D eigenvalue weighted by Gasteiger charge is -2.43. The molecule has 33 heavy (non-hydrogen) atoms. The van der Waals surface area contributed by atoms with Crippen LogP contribution >= 0.6 is 0 Å². The highest BCUT2D eigenvalue weighted by molar-refractivity contribution is 6.03. The highest BCUT2D eigenvalue weighted by atomic mass is 16.6. The summed E-state index contributed by atoms with van der Waals surface area (Å²) in [5, 5.41) is 11.5. The fourth-order valence-corrected chi connectivity index (χ4v) is 5.89. The number of nitro groups is 1. The summed E-state index contributed by atoms with van der Waals surface area (Å²) in [6.45, 7) is 1.85. The van der Waals surface area contributed by atoms with Gasteiger partial charge in [-0.1, -0.05) is 48.0 Å². The minimum Gasteiger partial charge on any atom is -0.462 e. The van der Waals surface area contributed by atoms with Gasteiger partial charge in [0, 0.05) is 35.1 Å². The molecule has 7 heteroatoms. The van der Waals surface area contributed by atoms with E-state index in [1.54, 1.807) is 4.90 Å². The summed E-state index contributed by atoms with van der Waals surface area (Å²) in [5.41, 5.74) is 2.35. The molecule has 1 saturated carbocycles. The number of anilines is 2. The first-order chi connectivity index (χ1) is 16.0. The van der Waals surface area contributed by atoms with Crippen molar-refractivity contribution in [3.63, 3.8) is 0 Å². The molecule has 0 aromatic heterocycles. The van der Waals surface area contributed by atoms with Gasteiger partial charge in [0.2, 0.25) is 11.9 Å². The molecule has 5 rings (SSSR count). The van der Waals surface area contributed by atoms with Crippen LogP contribution in [0, 0.1) is 33.8 Å². The summed E-state index contributed by atoms with van der Waals surface area (Å²) >= 11 is 0. The Bertz CT molecular complexity index is 1060. The number of hydrogen-bond acceptors (Lipinski definition) is 5. The second-order valence-corrected chi connectivity index (χ2v) is 9.18. The molecule has 2 aromatic rings. The lowest BCUT2D eigenvalue weighted by Crippen LogP contribution is -2.48. The van der Waals surface area contributed by atoms with Gasteiger partial charge in [-0.15, -0.1) is 0 Å². The normalized spacial score (nSPS) is 30.5. The Morgan fingerprint density at radius 2 is 1.64 bits per heavy atom.